The molecule has 4 heteroatoms. The third-order valence-electron chi connectivity index (χ3n) is 2.27. The Balaban J connectivity index is 2.40. The van der Waals surface area contributed by atoms with Crippen LogP contribution in [0.15, 0.2) is 12.2 Å². The van der Waals surface area contributed by atoms with Gasteiger partial charge in [0.25, 0.3) is 0 Å². The molecule has 0 aliphatic carbocycles. The summed E-state index contributed by atoms with van der Waals surface area (Å²) < 4.78 is 10.5. The van der Waals surface area contributed by atoms with Crippen LogP contribution in [0, 0.1) is 5.41 Å². The fourth-order valence-electron chi connectivity index (χ4n) is 1.23. The van der Waals surface area contributed by atoms with E-state index in [1.165, 1.54) is 0 Å². The van der Waals surface area contributed by atoms with Crippen LogP contribution >= 0.6 is 0 Å². The maximum Gasteiger partial charge on any atom is 0.311 e. The van der Waals surface area contributed by atoms with Gasteiger partial charge in [-0.15, -0.1) is 0 Å². The molecule has 0 saturated carbocycles. The van der Waals surface area contributed by atoms with Gasteiger partial charge in [0.05, 0.1) is 5.41 Å². The standard InChI is InChI=1S/C12H18O4/c1-11(2,3)10(14)15-7-9-5-6-12(4,8-13)16-9/h5-6,8-9H,7H2,1-4H3/t9-,12-/m0/s1. The Kier molecular flexibility index (Phi) is 3.53. The number of hydrogen-bond donors (Lipinski definition) is 0. The number of carbonyl (C=O) groups excluding carboxylic acids is 2. The maximum atomic E-state index is 11.5. The summed E-state index contributed by atoms with van der Waals surface area (Å²) in [6, 6.07) is 0. The molecule has 0 saturated heterocycles. The van der Waals surface area contributed by atoms with Crippen molar-refractivity contribution in [3.8, 4) is 0 Å². The average molecular weight is 226 g/mol. The quantitative estimate of drug-likeness (QED) is 0.415. The average Bonchev–Trinajstić information content (AvgIpc) is 2.56. The molecule has 4 nitrogen and oxygen atoms in total. The molecule has 90 valence electrons. The summed E-state index contributed by atoms with van der Waals surface area (Å²) in [5.74, 6) is -0.274. The van der Waals surface area contributed by atoms with Gasteiger partial charge in [-0.2, -0.15) is 0 Å². The summed E-state index contributed by atoms with van der Waals surface area (Å²) in [6.45, 7) is 7.18. The summed E-state index contributed by atoms with van der Waals surface area (Å²) in [7, 11) is 0. The second-order valence-corrected chi connectivity index (χ2v) is 5.17. The van der Waals surface area contributed by atoms with Crippen molar-refractivity contribution in [2.45, 2.75) is 39.4 Å². The lowest BCUT2D eigenvalue weighted by Gasteiger charge is -2.20. The maximum absolute atomic E-state index is 11.5. The summed E-state index contributed by atoms with van der Waals surface area (Å²) in [5, 5.41) is 0. The molecule has 0 bridgehead atoms. The summed E-state index contributed by atoms with van der Waals surface area (Å²) in [5.41, 5.74) is -1.39. The number of carbonyl (C=O) groups is 2. The zero-order valence-corrected chi connectivity index (χ0v) is 10.1. The van der Waals surface area contributed by atoms with Crippen molar-refractivity contribution < 1.29 is 19.1 Å². The molecule has 0 radical (unpaired) electrons. The minimum Gasteiger partial charge on any atom is -0.462 e. The van der Waals surface area contributed by atoms with E-state index in [2.05, 4.69) is 0 Å². The van der Waals surface area contributed by atoms with Crippen molar-refractivity contribution in [2.75, 3.05) is 6.61 Å². The van der Waals surface area contributed by atoms with Gasteiger partial charge in [-0.1, -0.05) is 6.08 Å². The van der Waals surface area contributed by atoms with E-state index in [9.17, 15) is 9.59 Å². The number of rotatable bonds is 3. The second-order valence-electron chi connectivity index (χ2n) is 5.17. The number of hydrogen-bond acceptors (Lipinski definition) is 4. The van der Waals surface area contributed by atoms with E-state index in [0.29, 0.717) is 0 Å². The first-order valence-corrected chi connectivity index (χ1v) is 5.27. The van der Waals surface area contributed by atoms with Gasteiger partial charge in [-0.05, 0) is 33.8 Å². The van der Waals surface area contributed by atoms with Gasteiger partial charge >= 0.3 is 5.97 Å². The van der Waals surface area contributed by atoms with Crippen molar-refractivity contribution in [1.82, 2.24) is 0 Å². The van der Waals surface area contributed by atoms with Gasteiger partial charge in [-0.25, -0.2) is 0 Å². The molecule has 0 aromatic heterocycles. The van der Waals surface area contributed by atoms with Crippen molar-refractivity contribution in [1.29, 1.82) is 0 Å². The Morgan fingerprint density at radius 3 is 2.62 bits per heavy atom. The lowest BCUT2D eigenvalue weighted by Crippen LogP contribution is -2.31. The van der Waals surface area contributed by atoms with Crippen molar-refractivity contribution >= 4 is 12.3 Å². The molecule has 0 N–H and O–H groups in total. The van der Waals surface area contributed by atoms with E-state index in [0.717, 1.165) is 6.29 Å². The van der Waals surface area contributed by atoms with Crippen molar-refractivity contribution in [3.05, 3.63) is 12.2 Å². The first-order chi connectivity index (χ1) is 7.27. The molecule has 1 heterocycles. The topological polar surface area (TPSA) is 52.6 Å². The Bertz CT molecular complexity index is 313. The summed E-state index contributed by atoms with van der Waals surface area (Å²) >= 11 is 0. The van der Waals surface area contributed by atoms with Gasteiger partial charge in [0, 0.05) is 0 Å². The highest BCUT2D eigenvalue weighted by atomic mass is 16.6. The van der Waals surface area contributed by atoms with Crippen molar-refractivity contribution in [2.24, 2.45) is 5.41 Å². The Labute approximate surface area is 95.6 Å². The molecule has 0 spiro atoms. The predicted molar refractivity (Wildman–Crippen MR) is 58.9 cm³/mol. The van der Waals surface area contributed by atoms with Crippen LogP contribution in [0.1, 0.15) is 27.7 Å². The molecule has 1 rings (SSSR count). The van der Waals surface area contributed by atoms with Gasteiger partial charge in [0.15, 0.2) is 6.29 Å². The third kappa shape index (κ3) is 3.17. The molecular weight excluding hydrogens is 208 g/mol. The van der Waals surface area contributed by atoms with Crippen LogP contribution in [0.25, 0.3) is 0 Å². The molecule has 0 unspecified atom stereocenters. The fourth-order valence-corrected chi connectivity index (χ4v) is 1.23. The van der Waals surface area contributed by atoms with Crippen LogP contribution in [0.3, 0.4) is 0 Å². The third-order valence-corrected chi connectivity index (χ3v) is 2.27. The first-order valence-electron chi connectivity index (χ1n) is 5.27. The molecule has 16 heavy (non-hydrogen) atoms. The van der Waals surface area contributed by atoms with Crippen LogP contribution in [0.5, 0.6) is 0 Å². The molecule has 1 aliphatic rings. The minimum absolute atomic E-state index is 0.149. The zero-order chi connectivity index (χ0) is 12.4. The second kappa shape index (κ2) is 4.37. The van der Waals surface area contributed by atoms with Gasteiger partial charge in [0.2, 0.25) is 0 Å². The smallest absolute Gasteiger partial charge is 0.311 e. The van der Waals surface area contributed by atoms with Gasteiger partial charge in [0.1, 0.15) is 18.3 Å². The minimum atomic E-state index is -0.876. The largest absolute Gasteiger partial charge is 0.462 e. The number of aldehydes is 1. The molecule has 0 fully saturated rings. The highest BCUT2D eigenvalue weighted by Crippen LogP contribution is 2.22. The Morgan fingerprint density at radius 2 is 2.19 bits per heavy atom. The SMILES string of the molecule is CC(C)(C)C(=O)OC[C@@H]1C=C[C@@](C)(C=O)O1. The lowest BCUT2D eigenvalue weighted by atomic mass is 9.97. The Morgan fingerprint density at radius 1 is 1.56 bits per heavy atom. The zero-order valence-electron chi connectivity index (χ0n) is 10.1. The van der Waals surface area contributed by atoms with Crippen molar-refractivity contribution in [3.63, 3.8) is 0 Å². The van der Waals surface area contributed by atoms with E-state index in [-0.39, 0.29) is 18.7 Å². The molecule has 1 aliphatic heterocycles. The van der Waals surface area contributed by atoms with E-state index < -0.39 is 11.0 Å². The van der Waals surface area contributed by atoms with Crippen LogP contribution in [0.4, 0.5) is 0 Å². The van der Waals surface area contributed by atoms with E-state index in [4.69, 9.17) is 9.47 Å². The highest BCUT2D eigenvalue weighted by molar-refractivity contribution is 5.75. The van der Waals surface area contributed by atoms with Gasteiger partial charge < -0.3 is 9.47 Å². The number of ether oxygens (including phenoxy) is 2. The predicted octanol–water partition coefficient (Wildman–Crippen LogP) is 1.49. The summed E-state index contributed by atoms with van der Waals surface area (Å²) in [4.78, 5) is 22.2. The molecule has 0 aromatic carbocycles. The van der Waals surface area contributed by atoms with Crippen LogP contribution in [-0.4, -0.2) is 30.6 Å². The fraction of sp³-hybridized carbons (Fsp3) is 0.667. The van der Waals surface area contributed by atoms with E-state index in [1.807, 2.05) is 0 Å². The normalized spacial score (nSPS) is 29.1. The Hall–Kier alpha value is -1.16. The van der Waals surface area contributed by atoms with E-state index in [1.54, 1.807) is 39.8 Å². The van der Waals surface area contributed by atoms with E-state index >= 15 is 0 Å². The molecule has 0 aromatic rings. The highest BCUT2D eigenvalue weighted by Gasteiger charge is 2.32. The van der Waals surface area contributed by atoms with Crippen LogP contribution in [0.2, 0.25) is 0 Å². The monoisotopic (exact) mass is 226 g/mol. The van der Waals surface area contributed by atoms with Crippen LogP contribution < -0.4 is 0 Å². The molecular formula is C12H18O4. The van der Waals surface area contributed by atoms with Crippen LogP contribution in [-0.2, 0) is 19.1 Å². The molecule has 2 atom stereocenters. The van der Waals surface area contributed by atoms with Gasteiger partial charge in [-0.3, -0.25) is 9.59 Å². The lowest BCUT2D eigenvalue weighted by molar-refractivity contribution is -0.157. The summed E-state index contributed by atoms with van der Waals surface area (Å²) in [6.07, 6.45) is 3.82. The molecule has 0 amide bonds. The number of esters is 1. The first kappa shape index (κ1) is 12.9.